The Hall–Kier alpha value is -3.41. The number of carbonyl (C=O) groups is 1. The number of amides is 1. The van der Waals surface area contributed by atoms with E-state index < -0.39 is 38.9 Å². The smallest absolute Gasteiger partial charge is 0.370 e. The number of anilines is 1. The fourth-order valence-electron chi connectivity index (χ4n) is 4.03. The first-order valence-electron chi connectivity index (χ1n) is 10.9. The Labute approximate surface area is 215 Å². The van der Waals surface area contributed by atoms with E-state index in [0.717, 1.165) is 6.26 Å². The molecule has 0 saturated heterocycles. The van der Waals surface area contributed by atoms with E-state index in [1.165, 1.54) is 71.3 Å². The normalized spacial score (nSPS) is 13.9. The maximum Gasteiger partial charge on any atom is 0.428 e. The molecular formula is C25H21ClF3N3O4S. The van der Waals surface area contributed by atoms with Crippen LogP contribution in [0.3, 0.4) is 0 Å². The summed E-state index contributed by atoms with van der Waals surface area (Å²) < 4.78 is 67.9. The topological polar surface area (TPSA) is 101 Å². The number of carbonyl (C=O) groups excluding carboxylic acids is 1. The van der Waals surface area contributed by atoms with Crippen LogP contribution in [0, 0.1) is 0 Å². The molecule has 0 aliphatic carbocycles. The number of fused-ring (bicyclic) bond motifs is 1. The van der Waals surface area contributed by atoms with Crippen molar-refractivity contribution >= 4 is 44.1 Å². The molecule has 37 heavy (non-hydrogen) atoms. The molecule has 2 N–H and O–H groups in total. The first kappa shape index (κ1) is 26.6. The average Bonchev–Trinajstić information content (AvgIpc) is 3.22. The predicted octanol–water partition coefficient (Wildman–Crippen LogP) is 5.16. The Bertz CT molecular complexity index is 1600. The number of halogens is 4. The molecule has 1 atom stereocenters. The summed E-state index contributed by atoms with van der Waals surface area (Å²) in [4.78, 5) is 16.9. The van der Waals surface area contributed by atoms with Gasteiger partial charge in [0.25, 0.3) is 5.91 Å². The number of hydrogen-bond acceptors (Lipinski definition) is 5. The maximum absolute atomic E-state index is 14.3. The highest BCUT2D eigenvalue weighted by atomic mass is 35.5. The minimum atomic E-state index is -5.09. The summed E-state index contributed by atoms with van der Waals surface area (Å²) in [6.07, 6.45) is -4.11. The molecule has 4 aromatic rings. The summed E-state index contributed by atoms with van der Waals surface area (Å²) >= 11 is 5.95. The molecule has 4 rings (SSSR count). The summed E-state index contributed by atoms with van der Waals surface area (Å²) in [5.74, 6) is -1.26. The zero-order valence-corrected chi connectivity index (χ0v) is 21.1. The summed E-state index contributed by atoms with van der Waals surface area (Å²) in [6, 6.07) is 14.7. The van der Waals surface area contributed by atoms with Crippen molar-refractivity contribution in [1.82, 2.24) is 9.55 Å². The van der Waals surface area contributed by atoms with Gasteiger partial charge in [-0.2, -0.15) is 13.2 Å². The van der Waals surface area contributed by atoms with Gasteiger partial charge in [0.05, 0.1) is 21.0 Å². The van der Waals surface area contributed by atoms with Crippen molar-refractivity contribution in [3.8, 4) is 0 Å². The lowest BCUT2D eigenvalue weighted by Gasteiger charge is -2.30. The molecule has 3 aromatic carbocycles. The second-order valence-corrected chi connectivity index (χ2v) is 10.7. The van der Waals surface area contributed by atoms with Crippen molar-refractivity contribution in [2.75, 3.05) is 11.6 Å². The van der Waals surface area contributed by atoms with Crippen LogP contribution in [0.1, 0.15) is 28.7 Å². The molecule has 12 heteroatoms. The number of aliphatic hydroxyl groups is 1. The molecule has 1 unspecified atom stereocenters. The maximum atomic E-state index is 14.3. The van der Waals surface area contributed by atoms with Crippen LogP contribution in [0.4, 0.5) is 18.9 Å². The highest BCUT2D eigenvalue weighted by Gasteiger charge is 2.59. The molecule has 0 aliphatic rings. The molecule has 1 amide bonds. The second kappa shape index (κ2) is 9.47. The zero-order chi connectivity index (χ0) is 27.2. The minimum absolute atomic E-state index is 0.00290. The number of aryl methyl sites for hydroxylation is 1. The standard InChI is InChI=1S/C25H21ClF3N3O4S/c1-3-32-20-13-15(22(33)30-17-10-11-18(26)21(14-17)37(2,35)36)9-12-19(20)31-23(32)24(34,25(27,28)29)16-7-5-4-6-8-16/h4-14,34H,3H2,1-2H3,(H,30,33). The van der Waals surface area contributed by atoms with Gasteiger partial charge >= 0.3 is 6.18 Å². The van der Waals surface area contributed by atoms with Gasteiger partial charge in [-0.3, -0.25) is 4.79 Å². The molecule has 1 heterocycles. The Balaban J connectivity index is 1.79. The number of nitrogens with zero attached hydrogens (tertiary/aromatic N) is 2. The van der Waals surface area contributed by atoms with Crippen LogP contribution in [0.5, 0.6) is 0 Å². The van der Waals surface area contributed by atoms with E-state index in [1.807, 2.05) is 0 Å². The monoisotopic (exact) mass is 551 g/mol. The van der Waals surface area contributed by atoms with Crippen LogP contribution in [0.15, 0.2) is 71.6 Å². The van der Waals surface area contributed by atoms with E-state index in [0.29, 0.717) is 0 Å². The zero-order valence-electron chi connectivity index (χ0n) is 19.5. The Kier molecular flexibility index (Phi) is 6.82. The first-order chi connectivity index (χ1) is 17.3. The van der Waals surface area contributed by atoms with Crippen molar-refractivity contribution in [3.63, 3.8) is 0 Å². The molecule has 0 radical (unpaired) electrons. The third-order valence-electron chi connectivity index (χ3n) is 5.84. The predicted molar refractivity (Wildman–Crippen MR) is 133 cm³/mol. The lowest BCUT2D eigenvalue weighted by Crippen LogP contribution is -2.45. The molecule has 194 valence electrons. The third-order valence-corrected chi connectivity index (χ3v) is 7.42. The number of aromatic nitrogens is 2. The van der Waals surface area contributed by atoms with Crippen LogP contribution in [0.25, 0.3) is 11.0 Å². The molecule has 0 bridgehead atoms. The van der Waals surface area contributed by atoms with Crippen molar-refractivity contribution in [2.24, 2.45) is 0 Å². The van der Waals surface area contributed by atoms with E-state index >= 15 is 0 Å². The summed E-state index contributed by atoms with van der Waals surface area (Å²) in [5.41, 5.74) is -3.18. The van der Waals surface area contributed by atoms with Crippen LogP contribution < -0.4 is 5.32 Å². The molecule has 7 nitrogen and oxygen atoms in total. The van der Waals surface area contributed by atoms with Crippen molar-refractivity contribution < 1.29 is 31.5 Å². The van der Waals surface area contributed by atoms with E-state index in [-0.39, 0.29) is 38.7 Å². The fourth-order valence-corrected chi connectivity index (χ4v) is 5.33. The average molecular weight is 552 g/mol. The van der Waals surface area contributed by atoms with Crippen molar-refractivity contribution in [2.45, 2.75) is 30.1 Å². The van der Waals surface area contributed by atoms with Crippen LogP contribution in [-0.2, 0) is 22.0 Å². The van der Waals surface area contributed by atoms with E-state index in [2.05, 4.69) is 10.3 Å². The molecule has 0 fully saturated rings. The fraction of sp³-hybridized carbons (Fsp3) is 0.200. The van der Waals surface area contributed by atoms with Gasteiger partial charge < -0.3 is 15.0 Å². The second-order valence-electron chi connectivity index (χ2n) is 8.33. The van der Waals surface area contributed by atoms with Gasteiger partial charge in [-0.25, -0.2) is 13.4 Å². The molecule has 0 spiro atoms. The largest absolute Gasteiger partial charge is 0.428 e. The molecule has 0 aliphatic heterocycles. The lowest BCUT2D eigenvalue weighted by atomic mass is 9.92. The van der Waals surface area contributed by atoms with Crippen LogP contribution >= 0.6 is 11.6 Å². The number of sulfone groups is 1. The van der Waals surface area contributed by atoms with E-state index in [4.69, 9.17) is 11.6 Å². The van der Waals surface area contributed by atoms with E-state index in [1.54, 1.807) is 6.92 Å². The van der Waals surface area contributed by atoms with Gasteiger partial charge in [0.2, 0.25) is 5.60 Å². The van der Waals surface area contributed by atoms with Crippen LogP contribution in [0.2, 0.25) is 5.02 Å². The Morgan fingerprint density at radius 3 is 2.35 bits per heavy atom. The summed E-state index contributed by atoms with van der Waals surface area (Å²) in [6.45, 7) is 1.62. The van der Waals surface area contributed by atoms with E-state index in [9.17, 15) is 31.5 Å². The number of rotatable bonds is 6. The van der Waals surface area contributed by atoms with Gasteiger partial charge in [-0.1, -0.05) is 41.9 Å². The van der Waals surface area contributed by atoms with Crippen molar-refractivity contribution in [3.05, 3.63) is 88.7 Å². The highest BCUT2D eigenvalue weighted by Crippen LogP contribution is 2.44. The quantitative estimate of drug-likeness (QED) is 0.344. The Morgan fingerprint density at radius 2 is 1.76 bits per heavy atom. The highest BCUT2D eigenvalue weighted by molar-refractivity contribution is 7.90. The SMILES string of the molecule is CCn1c(C(O)(c2ccccc2)C(F)(F)F)nc2ccc(C(=O)Nc3ccc(Cl)c(S(C)(=O)=O)c3)cc21. The number of alkyl halides is 3. The molecular weight excluding hydrogens is 531 g/mol. The molecule has 1 aromatic heterocycles. The first-order valence-corrected chi connectivity index (χ1v) is 13.2. The summed E-state index contributed by atoms with van der Waals surface area (Å²) in [5, 5.41) is 13.6. The number of benzene rings is 3. The number of imidazole rings is 1. The number of hydrogen-bond donors (Lipinski definition) is 2. The van der Waals surface area contributed by atoms with Gasteiger partial charge in [-0.05, 0) is 43.3 Å². The lowest BCUT2D eigenvalue weighted by molar-refractivity contribution is -0.252. The third kappa shape index (κ3) is 4.81. The van der Waals surface area contributed by atoms with Gasteiger partial charge in [-0.15, -0.1) is 0 Å². The van der Waals surface area contributed by atoms with Gasteiger partial charge in [0, 0.05) is 29.6 Å². The van der Waals surface area contributed by atoms with Gasteiger partial charge in [0.1, 0.15) is 0 Å². The van der Waals surface area contributed by atoms with Gasteiger partial charge in [0.15, 0.2) is 15.7 Å². The minimum Gasteiger partial charge on any atom is -0.370 e. The summed E-state index contributed by atoms with van der Waals surface area (Å²) in [7, 11) is -3.65. The Morgan fingerprint density at radius 1 is 1.08 bits per heavy atom. The van der Waals surface area contributed by atoms with Crippen LogP contribution in [-0.4, -0.2) is 41.4 Å². The molecule has 0 saturated carbocycles. The number of nitrogens with one attached hydrogen (secondary N) is 1. The van der Waals surface area contributed by atoms with Crippen molar-refractivity contribution in [1.29, 1.82) is 0 Å².